The molecule has 0 bridgehead atoms. The van der Waals surface area contributed by atoms with E-state index in [-0.39, 0.29) is 23.8 Å². The maximum Gasteiger partial charge on any atom is 0.359 e. The highest BCUT2D eigenvalue weighted by molar-refractivity contribution is 6.50. The highest BCUT2D eigenvalue weighted by Gasteiger charge is 2.18. The van der Waals surface area contributed by atoms with Gasteiger partial charge in [0.15, 0.2) is 0 Å². The van der Waals surface area contributed by atoms with Crippen molar-refractivity contribution in [3.8, 4) is 6.07 Å². The van der Waals surface area contributed by atoms with Gasteiger partial charge in [-0.1, -0.05) is 30.7 Å². The van der Waals surface area contributed by atoms with Crippen LogP contribution in [0.15, 0.2) is 86.2 Å². The molecule has 206 valence electrons. The maximum absolute atomic E-state index is 14.0. The third-order valence-corrected chi connectivity index (χ3v) is 6.01. The quantitative estimate of drug-likeness (QED) is 0.248. The van der Waals surface area contributed by atoms with Crippen LogP contribution in [0.4, 0.5) is 10.3 Å². The number of hydrogen-bond donors (Lipinski definition) is 3. The number of rotatable bonds is 9. The molecule has 1 heterocycles. The number of halogens is 1. The Morgan fingerprint density at radius 1 is 1.25 bits per heavy atom. The molecule has 0 unspecified atom stereocenters. The lowest BCUT2D eigenvalue weighted by Gasteiger charge is -2.18. The van der Waals surface area contributed by atoms with E-state index in [9.17, 15) is 19.2 Å². The number of nitriles is 1. The summed E-state index contributed by atoms with van der Waals surface area (Å²) in [6.07, 6.45) is 10.9. The van der Waals surface area contributed by atoms with E-state index >= 15 is 0 Å². The standard InChI is InChI=1S/C29H31FN8O2/c1-6-18(3)12-19(4)13-23(7-2)38-28(39)35-27(34-22-9-11-25(32)26(15-22)36-33-5)37(29(38)40)17-20-8-10-24(30)21(14-20)16-31/h7-15,32-33H,6,17H2,1-5H3,(H,34,35,39)/b18-12+,19-13-,23-7+,32-25?,36-26?. The van der Waals surface area contributed by atoms with Crippen LogP contribution in [0.1, 0.15) is 45.2 Å². The molecule has 40 heavy (non-hydrogen) atoms. The highest BCUT2D eigenvalue weighted by Crippen LogP contribution is 2.16. The summed E-state index contributed by atoms with van der Waals surface area (Å²) in [7, 11) is 1.60. The second-order valence-electron chi connectivity index (χ2n) is 8.99. The molecule has 3 rings (SSSR count). The zero-order chi connectivity index (χ0) is 29.4. The lowest BCUT2D eigenvalue weighted by atomic mass is 10.1. The molecule has 1 aromatic heterocycles. The van der Waals surface area contributed by atoms with E-state index in [2.05, 4.69) is 20.8 Å². The van der Waals surface area contributed by atoms with Gasteiger partial charge in [0, 0.05) is 12.7 Å². The molecule has 1 aliphatic rings. The van der Waals surface area contributed by atoms with Crippen LogP contribution in [0.5, 0.6) is 0 Å². The van der Waals surface area contributed by atoms with E-state index < -0.39 is 17.2 Å². The number of nitrogens with zero attached hydrogens (tertiary/aromatic N) is 5. The Kier molecular flexibility index (Phi) is 9.65. The molecule has 0 aliphatic heterocycles. The highest BCUT2D eigenvalue weighted by atomic mass is 19.1. The Morgan fingerprint density at radius 3 is 2.65 bits per heavy atom. The molecule has 0 atom stereocenters. The Balaban J connectivity index is 2.21. The van der Waals surface area contributed by atoms with Crippen molar-refractivity contribution in [1.82, 2.24) is 19.5 Å². The van der Waals surface area contributed by atoms with Crippen molar-refractivity contribution in [3.05, 3.63) is 109 Å². The average molecular weight is 543 g/mol. The van der Waals surface area contributed by atoms with Crippen LogP contribution in [0.3, 0.4) is 0 Å². The summed E-state index contributed by atoms with van der Waals surface area (Å²) >= 11 is 0. The van der Waals surface area contributed by atoms with Gasteiger partial charge in [-0.25, -0.2) is 18.5 Å². The molecular formula is C29H31FN8O2. The summed E-state index contributed by atoms with van der Waals surface area (Å²) in [6, 6.07) is 5.75. The molecule has 0 saturated carbocycles. The fourth-order valence-corrected chi connectivity index (χ4v) is 3.89. The molecule has 1 aliphatic carbocycles. The van der Waals surface area contributed by atoms with Crippen LogP contribution in [-0.2, 0) is 6.54 Å². The van der Waals surface area contributed by atoms with Gasteiger partial charge in [0.05, 0.1) is 23.5 Å². The van der Waals surface area contributed by atoms with E-state index in [1.807, 2.05) is 26.8 Å². The second kappa shape index (κ2) is 13.1. The first-order valence-electron chi connectivity index (χ1n) is 12.6. The molecule has 0 amide bonds. The number of benzene rings is 1. The molecule has 0 spiro atoms. The molecule has 10 nitrogen and oxygen atoms in total. The number of hydrazone groups is 1. The van der Waals surface area contributed by atoms with E-state index in [0.29, 0.717) is 22.7 Å². The third-order valence-electron chi connectivity index (χ3n) is 6.01. The first-order chi connectivity index (χ1) is 19.1. The molecule has 0 saturated heterocycles. The van der Waals surface area contributed by atoms with E-state index in [0.717, 1.165) is 28.2 Å². The Bertz CT molecular complexity index is 1680. The summed E-state index contributed by atoms with van der Waals surface area (Å²) in [6.45, 7) is 7.51. The lowest BCUT2D eigenvalue weighted by Crippen LogP contribution is -2.42. The predicted molar refractivity (Wildman–Crippen MR) is 156 cm³/mol. The van der Waals surface area contributed by atoms with Gasteiger partial charge in [-0.15, -0.1) is 0 Å². The van der Waals surface area contributed by atoms with Gasteiger partial charge in [-0.3, -0.25) is 9.98 Å². The van der Waals surface area contributed by atoms with E-state index in [1.54, 1.807) is 44.3 Å². The number of hydrogen-bond acceptors (Lipinski definition) is 8. The Labute approximate surface area is 231 Å². The molecule has 0 fully saturated rings. The number of aromatic nitrogens is 3. The first kappa shape index (κ1) is 29.4. The SMILES string of the molecule is C\C=C(/C=C(C)\C=C(/C)CC)n1c(=O)nc(NC2=CC(=NNC)C(=N)C=C2)n(Cc2ccc(F)c(C#N)c2)c1=O. The zero-order valence-corrected chi connectivity index (χ0v) is 23.0. The van der Waals surface area contributed by atoms with Gasteiger partial charge in [-0.2, -0.15) is 15.3 Å². The second-order valence-corrected chi connectivity index (χ2v) is 8.99. The summed E-state index contributed by atoms with van der Waals surface area (Å²) in [5, 5.41) is 24.3. The van der Waals surface area contributed by atoms with Gasteiger partial charge in [0.25, 0.3) is 0 Å². The number of nitrogens with one attached hydrogen (secondary N) is 3. The van der Waals surface area contributed by atoms with Crippen LogP contribution < -0.4 is 22.1 Å². The van der Waals surface area contributed by atoms with Crippen LogP contribution in [-0.4, -0.2) is 32.6 Å². The topological polar surface area (TPSA) is 141 Å². The third kappa shape index (κ3) is 6.85. The molecule has 11 heteroatoms. The lowest BCUT2D eigenvalue weighted by molar-refractivity contribution is 0.620. The minimum atomic E-state index is -0.800. The summed E-state index contributed by atoms with van der Waals surface area (Å²) in [4.78, 5) is 31.3. The van der Waals surface area contributed by atoms with Crippen molar-refractivity contribution >= 4 is 23.1 Å². The molecule has 0 radical (unpaired) electrons. The van der Waals surface area contributed by atoms with E-state index in [1.165, 1.54) is 22.8 Å². The van der Waals surface area contributed by atoms with Gasteiger partial charge < -0.3 is 10.7 Å². The summed E-state index contributed by atoms with van der Waals surface area (Å²) in [5.74, 6) is -0.747. The molecular weight excluding hydrogens is 511 g/mol. The van der Waals surface area contributed by atoms with Gasteiger partial charge in [-0.05, 0) is 74.8 Å². The molecule has 3 N–H and O–H groups in total. The van der Waals surface area contributed by atoms with Crippen LogP contribution in [0, 0.1) is 22.6 Å². The van der Waals surface area contributed by atoms with Crippen molar-refractivity contribution in [2.75, 3.05) is 12.4 Å². The monoisotopic (exact) mass is 542 g/mol. The fourth-order valence-electron chi connectivity index (χ4n) is 3.89. The number of anilines is 1. The first-order valence-corrected chi connectivity index (χ1v) is 12.6. The maximum atomic E-state index is 14.0. The van der Waals surface area contributed by atoms with Gasteiger partial charge in [0.1, 0.15) is 17.6 Å². The van der Waals surface area contributed by atoms with Crippen LogP contribution in [0.2, 0.25) is 0 Å². The smallest absolute Gasteiger partial charge is 0.325 e. The number of allylic oxidation sites excluding steroid dienone is 9. The predicted octanol–water partition coefficient (Wildman–Crippen LogP) is 4.09. The van der Waals surface area contributed by atoms with Gasteiger partial charge in [0.2, 0.25) is 5.95 Å². The average Bonchev–Trinajstić information content (AvgIpc) is 2.92. The Hall–Kier alpha value is -5.11. The Morgan fingerprint density at radius 2 is 2.00 bits per heavy atom. The minimum Gasteiger partial charge on any atom is -0.325 e. The zero-order valence-electron chi connectivity index (χ0n) is 23.0. The van der Waals surface area contributed by atoms with Crippen LogP contribution >= 0.6 is 0 Å². The minimum absolute atomic E-state index is 0.0694. The molecule has 2 aromatic rings. The van der Waals surface area contributed by atoms with E-state index in [4.69, 9.17) is 5.41 Å². The summed E-state index contributed by atoms with van der Waals surface area (Å²) in [5.41, 5.74) is 4.69. The van der Waals surface area contributed by atoms with Crippen molar-refractivity contribution in [1.29, 1.82) is 10.7 Å². The van der Waals surface area contributed by atoms with Crippen molar-refractivity contribution < 1.29 is 4.39 Å². The van der Waals surface area contributed by atoms with Gasteiger partial charge >= 0.3 is 11.4 Å². The van der Waals surface area contributed by atoms with Crippen molar-refractivity contribution in [2.24, 2.45) is 5.10 Å². The molecule has 1 aromatic carbocycles. The summed E-state index contributed by atoms with van der Waals surface area (Å²) < 4.78 is 16.2. The largest absolute Gasteiger partial charge is 0.359 e. The van der Waals surface area contributed by atoms with Crippen molar-refractivity contribution in [2.45, 2.75) is 40.7 Å². The van der Waals surface area contributed by atoms with Crippen LogP contribution in [0.25, 0.3) is 5.70 Å². The van der Waals surface area contributed by atoms with Crippen molar-refractivity contribution in [3.63, 3.8) is 0 Å². The fraction of sp³-hybridized carbons (Fsp3) is 0.241. The normalized spacial score (nSPS) is 15.2.